The second-order valence-electron chi connectivity index (χ2n) is 4.07. The predicted molar refractivity (Wildman–Crippen MR) is 52.6 cm³/mol. The van der Waals surface area contributed by atoms with Crippen LogP contribution in [0.2, 0.25) is 0 Å². The lowest BCUT2D eigenvalue weighted by Gasteiger charge is -2.18. The number of aromatic nitrogens is 1. The van der Waals surface area contributed by atoms with Crippen LogP contribution in [0.5, 0.6) is 0 Å². The zero-order valence-corrected chi connectivity index (χ0v) is 7.84. The van der Waals surface area contributed by atoms with Gasteiger partial charge in [0.1, 0.15) is 0 Å². The van der Waals surface area contributed by atoms with E-state index >= 15 is 0 Å². The molecule has 1 nitrogen and oxygen atoms in total. The van der Waals surface area contributed by atoms with E-state index in [1.54, 1.807) is 5.56 Å². The molecule has 0 bridgehead atoms. The largest absolute Gasteiger partial charge is 0.261 e. The molecule has 0 saturated carbocycles. The van der Waals surface area contributed by atoms with Crippen LogP contribution in [0.15, 0.2) is 6.20 Å². The third-order valence-corrected chi connectivity index (χ3v) is 3.25. The van der Waals surface area contributed by atoms with Crippen LogP contribution in [0.25, 0.3) is 0 Å². The maximum atomic E-state index is 4.54. The minimum absolute atomic E-state index is 1.17. The summed E-state index contributed by atoms with van der Waals surface area (Å²) in [7, 11) is 0. The molecule has 0 spiro atoms. The summed E-state index contributed by atoms with van der Waals surface area (Å²) >= 11 is 0. The highest BCUT2D eigenvalue weighted by atomic mass is 14.7. The number of rotatable bonds is 0. The summed E-state index contributed by atoms with van der Waals surface area (Å²) in [6, 6.07) is 0. The highest BCUT2D eigenvalue weighted by molar-refractivity contribution is 5.45. The van der Waals surface area contributed by atoms with E-state index in [1.807, 2.05) is 0 Å². The van der Waals surface area contributed by atoms with Gasteiger partial charge in [0.15, 0.2) is 0 Å². The van der Waals surface area contributed by atoms with Gasteiger partial charge in [-0.2, -0.15) is 0 Å². The minimum Gasteiger partial charge on any atom is -0.261 e. The lowest BCUT2D eigenvalue weighted by atomic mass is 9.89. The highest BCUT2D eigenvalue weighted by Gasteiger charge is 2.20. The van der Waals surface area contributed by atoms with Gasteiger partial charge < -0.3 is 0 Å². The lowest BCUT2D eigenvalue weighted by Crippen LogP contribution is -2.07. The summed E-state index contributed by atoms with van der Waals surface area (Å²) in [5.41, 5.74) is 5.98. The van der Waals surface area contributed by atoms with E-state index < -0.39 is 0 Å². The van der Waals surface area contributed by atoms with Crippen molar-refractivity contribution in [3.63, 3.8) is 0 Å². The summed E-state index contributed by atoms with van der Waals surface area (Å²) < 4.78 is 0. The Morgan fingerprint density at radius 3 is 3.00 bits per heavy atom. The molecular formula is C12H14N. The first-order chi connectivity index (χ1) is 6.45. The van der Waals surface area contributed by atoms with Gasteiger partial charge in [0, 0.05) is 11.9 Å². The monoisotopic (exact) mass is 172 g/mol. The standard InChI is InChI=1S/C12H14N/c1-2-5-10-9(4-1)8-13-12-7-3-6-11(10)12/h6,8H,1-5,7H2. The van der Waals surface area contributed by atoms with Crippen LogP contribution in [0, 0.1) is 6.42 Å². The van der Waals surface area contributed by atoms with Crippen molar-refractivity contribution in [2.24, 2.45) is 0 Å². The van der Waals surface area contributed by atoms with Crippen molar-refractivity contribution in [1.29, 1.82) is 0 Å². The van der Waals surface area contributed by atoms with Gasteiger partial charge in [-0.25, -0.2) is 0 Å². The van der Waals surface area contributed by atoms with Gasteiger partial charge in [-0.1, -0.05) is 0 Å². The first kappa shape index (κ1) is 7.54. The molecule has 3 rings (SSSR count). The lowest BCUT2D eigenvalue weighted by molar-refractivity contribution is 0.678. The predicted octanol–water partition coefficient (Wildman–Crippen LogP) is 2.46. The fourth-order valence-electron chi connectivity index (χ4n) is 2.57. The van der Waals surface area contributed by atoms with Crippen molar-refractivity contribution in [1.82, 2.24) is 4.98 Å². The first-order valence-electron chi connectivity index (χ1n) is 5.28. The van der Waals surface area contributed by atoms with Crippen molar-refractivity contribution >= 4 is 0 Å². The molecule has 2 aliphatic carbocycles. The minimum atomic E-state index is 1.17. The maximum Gasteiger partial charge on any atom is 0.0441 e. The molecule has 0 saturated heterocycles. The normalized spacial score (nSPS) is 19.7. The van der Waals surface area contributed by atoms with Crippen LogP contribution in [-0.2, 0) is 19.3 Å². The van der Waals surface area contributed by atoms with Gasteiger partial charge >= 0.3 is 0 Å². The van der Waals surface area contributed by atoms with Crippen LogP contribution in [0.3, 0.4) is 0 Å². The Bertz CT molecular complexity index is 341. The number of fused-ring (bicyclic) bond motifs is 3. The quantitative estimate of drug-likeness (QED) is 0.585. The molecule has 0 amide bonds. The summed E-state index contributed by atoms with van der Waals surface area (Å²) in [4.78, 5) is 4.54. The van der Waals surface area contributed by atoms with Crippen LogP contribution in [-0.4, -0.2) is 4.98 Å². The molecule has 1 radical (unpaired) electrons. The Balaban J connectivity index is 2.17. The van der Waals surface area contributed by atoms with Gasteiger partial charge in [0.25, 0.3) is 0 Å². The van der Waals surface area contributed by atoms with Crippen LogP contribution in [0.1, 0.15) is 41.6 Å². The van der Waals surface area contributed by atoms with Crippen molar-refractivity contribution in [3.05, 3.63) is 35.0 Å². The van der Waals surface area contributed by atoms with Crippen molar-refractivity contribution in [3.8, 4) is 0 Å². The zero-order chi connectivity index (χ0) is 8.67. The van der Waals surface area contributed by atoms with Crippen molar-refractivity contribution in [2.75, 3.05) is 0 Å². The second-order valence-corrected chi connectivity index (χ2v) is 4.07. The summed E-state index contributed by atoms with van der Waals surface area (Å²) in [5.74, 6) is 0. The van der Waals surface area contributed by atoms with E-state index in [9.17, 15) is 0 Å². The molecule has 1 aromatic heterocycles. The molecule has 2 aliphatic rings. The third-order valence-electron chi connectivity index (χ3n) is 3.25. The highest BCUT2D eigenvalue weighted by Crippen LogP contribution is 2.31. The molecule has 0 aliphatic heterocycles. The van der Waals surface area contributed by atoms with E-state index in [0.29, 0.717) is 0 Å². The van der Waals surface area contributed by atoms with Crippen LogP contribution in [0.4, 0.5) is 0 Å². The molecule has 0 atom stereocenters. The molecule has 0 fully saturated rings. The summed E-state index contributed by atoms with van der Waals surface area (Å²) in [5, 5.41) is 0. The van der Waals surface area contributed by atoms with Crippen LogP contribution < -0.4 is 0 Å². The number of hydrogen-bond acceptors (Lipinski definition) is 1. The molecule has 1 heteroatoms. The van der Waals surface area contributed by atoms with Gasteiger partial charge in [0.05, 0.1) is 0 Å². The Hall–Kier alpha value is -0.850. The van der Waals surface area contributed by atoms with E-state index in [-0.39, 0.29) is 0 Å². The fourth-order valence-corrected chi connectivity index (χ4v) is 2.57. The Morgan fingerprint density at radius 1 is 1.08 bits per heavy atom. The van der Waals surface area contributed by atoms with Crippen molar-refractivity contribution < 1.29 is 0 Å². The van der Waals surface area contributed by atoms with Gasteiger partial charge in [-0.05, 0) is 61.6 Å². The molecule has 13 heavy (non-hydrogen) atoms. The molecular weight excluding hydrogens is 158 g/mol. The van der Waals surface area contributed by atoms with E-state index in [1.165, 1.54) is 55.3 Å². The maximum absolute atomic E-state index is 4.54. The first-order valence-corrected chi connectivity index (χ1v) is 5.28. The molecule has 0 aromatic carbocycles. The Kier molecular flexibility index (Phi) is 1.64. The van der Waals surface area contributed by atoms with E-state index in [4.69, 9.17) is 0 Å². The van der Waals surface area contributed by atoms with Gasteiger partial charge in [0.2, 0.25) is 0 Å². The zero-order valence-electron chi connectivity index (χ0n) is 7.84. The molecule has 0 N–H and O–H groups in total. The van der Waals surface area contributed by atoms with Crippen molar-refractivity contribution in [2.45, 2.75) is 38.5 Å². The van der Waals surface area contributed by atoms with E-state index in [2.05, 4.69) is 17.6 Å². The topological polar surface area (TPSA) is 12.9 Å². The SMILES string of the molecule is [CH]1CCc2ncc3c(c21)CCCC3. The average molecular weight is 172 g/mol. The fraction of sp³-hybridized carbons (Fsp3) is 0.500. The number of pyridine rings is 1. The van der Waals surface area contributed by atoms with Crippen LogP contribution >= 0.6 is 0 Å². The Labute approximate surface area is 79.2 Å². The van der Waals surface area contributed by atoms with E-state index in [0.717, 1.165) is 0 Å². The number of nitrogens with zero attached hydrogens (tertiary/aromatic N) is 1. The average Bonchev–Trinajstić information content (AvgIpc) is 2.65. The summed E-state index contributed by atoms with van der Waals surface area (Å²) in [6.45, 7) is 0. The second kappa shape index (κ2) is 2.83. The molecule has 1 heterocycles. The molecule has 1 aromatic rings. The van der Waals surface area contributed by atoms with Gasteiger partial charge in [-0.3, -0.25) is 4.98 Å². The molecule has 0 unspecified atom stereocenters. The molecule has 67 valence electrons. The third kappa shape index (κ3) is 1.10. The summed E-state index contributed by atoms with van der Waals surface area (Å²) in [6.07, 6.45) is 12.1. The Morgan fingerprint density at radius 2 is 2.00 bits per heavy atom. The smallest absolute Gasteiger partial charge is 0.0441 e. The number of hydrogen-bond donors (Lipinski definition) is 0. The number of aryl methyl sites for hydroxylation is 2. The van der Waals surface area contributed by atoms with Gasteiger partial charge in [-0.15, -0.1) is 0 Å².